The van der Waals surface area contributed by atoms with Crippen LogP contribution in [0.4, 0.5) is 5.69 Å². The second-order valence-electron chi connectivity index (χ2n) is 7.97. The molecule has 2 aromatic heterocycles. The quantitative estimate of drug-likeness (QED) is 0.595. The summed E-state index contributed by atoms with van der Waals surface area (Å²) in [7, 11) is 1.60. The lowest BCUT2D eigenvalue weighted by Crippen LogP contribution is -2.23. The monoisotopic (exact) mass is 453 g/mol. The van der Waals surface area contributed by atoms with Gasteiger partial charge in [0.25, 0.3) is 11.5 Å². The topological polar surface area (TPSA) is 106 Å². The highest BCUT2D eigenvalue weighted by molar-refractivity contribution is 7.17. The average Bonchev–Trinajstić information content (AvgIpc) is 3.13. The fraction of sp³-hybridized carbons (Fsp3) is 0.348. The molecule has 8 nitrogen and oxygen atoms in total. The highest BCUT2D eigenvalue weighted by atomic mass is 32.1. The van der Waals surface area contributed by atoms with E-state index in [2.05, 4.69) is 20.7 Å². The van der Waals surface area contributed by atoms with E-state index in [1.165, 1.54) is 16.0 Å². The maximum atomic E-state index is 12.8. The smallest absolute Gasteiger partial charge is 0.277 e. The Bertz CT molecular complexity index is 1230. The molecule has 0 fully saturated rings. The zero-order chi connectivity index (χ0) is 23.6. The van der Waals surface area contributed by atoms with Crippen molar-refractivity contribution in [3.8, 4) is 10.6 Å². The van der Waals surface area contributed by atoms with E-state index in [4.69, 9.17) is 0 Å². The number of benzene rings is 1. The first-order valence-electron chi connectivity index (χ1n) is 10.3. The number of nitrogens with zero attached hydrogens (tertiary/aromatic N) is 3. The van der Waals surface area contributed by atoms with Crippen molar-refractivity contribution in [3.63, 3.8) is 0 Å². The lowest BCUT2D eigenvalue weighted by molar-refractivity contribution is -0.118. The molecule has 3 aromatic rings. The SMILES string of the molecule is Cc1nc(-c2c(C)c(C)nn(C)c2=O)sc1C(=O)NCc1ccc(NC(=O)C(C)C)cc1. The van der Waals surface area contributed by atoms with Crippen LogP contribution in [0.2, 0.25) is 0 Å². The maximum Gasteiger partial charge on any atom is 0.277 e. The van der Waals surface area contributed by atoms with Crippen LogP contribution in [0.15, 0.2) is 29.1 Å². The maximum absolute atomic E-state index is 12.8. The van der Waals surface area contributed by atoms with Gasteiger partial charge in [0.15, 0.2) is 0 Å². The predicted molar refractivity (Wildman–Crippen MR) is 126 cm³/mol. The molecule has 0 saturated carbocycles. The van der Waals surface area contributed by atoms with E-state index in [9.17, 15) is 14.4 Å². The Labute approximate surface area is 190 Å². The molecule has 9 heteroatoms. The van der Waals surface area contributed by atoms with Crippen LogP contribution in [0.1, 0.15) is 46.0 Å². The molecule has 2 amide bonds. The summed E-state index contributed by atoms with van der Waals surface area (Å²) in [5.41, 5.74) is 3.94. The Kier molecular flexibility index (Phi) is 6.88. The second kappa shape index (κ2) is 9.44. The lowest BCUT2D eigenvalue weighted by atomic mass is 10.1. The molecule has 0 aliphatic heterocycles. The number of nitrogens with one attached hydrogen (secondary N) is 2. The van der Waals surface area contributed by atoms with Gasteiger partial charge in [-0.05, 0) is 44.0 Å². The average molecular weight is 454 g/mol. The Morgan fingerprint density at radius 2 is 1.75 bits per heavy atom. The van der Waals surface area contributed by atoms with Crippen molar-refractivity contribution < 1.29 is 9.59 Å². The molecule has 0 radical (unpaired) electrons. The molecule has 0 saturated heterocycles. The molecule has 168 valence electrons. The molecule has 0 unspecified atom stereocenters. The number of aromatic nitrogens is 3. The van der Waals surface area contributed by atoms with Crippen LogP contribution < -0.4 is 16.2 Å². The summed E-state index contributed by atoms with van der Waals surface area (Å²) < 4.78 is 1.29. The molecule has 0 spiro atoms. The van der Waals surface area contributed by atoms with Crippen molar-refractivity contribution >= 4 is 28.8 Å². The fourth-order valence-corrected chi connectivity index (χ4v) is 4.15. The number of hydrogen-bond donors (Lipinski definition) is 2. The van der Waals surface area contributed by atoms with Crippen LogP contribution in [0.25, 0.3) is 10.6 Å². The number of hydrogen-bond acceptors (Lipinski definition) is 6. The second-order valence-corrected chi connectivity index (χ2v) is 8.97. The van der Waals surface area contributed by atoms with Gasteiger partial charge in [-0.3, -0.25) is 14.4 Å². The van der Waals surface area contributed by atoms with Gasteiger partial charge in [-0.15, -0.1) is 11.3 Å². The summed E-state index contributed by atoms with van der Waals surface area (Å²) in [6.45, 7) is 9.44. The van der Waals surface area contributed by atoms with E-state index in [0.29, 0.717) is 33.4 Å². The first kappa shape index (κ1) is 23.3. The minimum Gasteiger partial charge on any atom is -0.347 e. The molecule has 2 N–H and O–H groups in total. The number of carbonyl (C=O) groups is 2. The molecule has 1 aromatic carbocycles. The largest absolute Gasteiger partial charge is 0.347 e. The zero-order valence-electron chi connectivity index (χ0n) is 19.1. The van der Waals surface area contributed by atoms with Crippen LogP contribution in [0.3, 0.4) is 0 Å². The third kappa shape index (κ3) is 4.94. The molecule has 3 rings (SSSR count). The van der Waals surface area contributed by atoms with Gasteiger partial charge < -0.3 is 10.6 Å². The third-order valence-corrected chi connectivity index (χ3v) is 6.31. The number of carbonyl (C=O) groups excluding carboxylic acids is 2. The van der Waals surface area contributed by atoms with E-state index >= 15 is 0 Å². The summed E-state index contributed by atoms with van der Waals surface area (Å²) in [6, 6.07) is 7.33. The molecule has 0 atom stereocenters. The van der Waals surface area contributed by atoms with Gasteiger partial charge in [0, 0.05) is 25.2 Å². The lowest BCUT2D eigenvalue weighted by Gasteiger charge is -2.09. The van der Waals surface area contributed by atoms with E-state index in [-0.39, 0.29) is 23.3 Å². The van der Waals surface area contributed by atoms with Crippen molar-refractivity contribution in [1.29, 1.82) is 0 Å². The zero-order valence-corrected chi connectivity index (χ0v) is 19.9. The van der Waals surface area contributed by atoms with Gasteiger partial charge in [-0.25, -0.2) is 9.67 Å². The van der Waals surface area contributed by atoms with Gasteiger partial charge in [0.1, 0.15) is 9.88 Å². The van der Waals surface area contributed by atoms with Crippen LogP contribution >= 0.6 is 11.3 Å². The fourth-order valence-electron chi connectivity index (χ4n) is 3.07. The highest BCUT2D eigenvalue weighted by Gasteiger charge is 2.21. The van der Waals surface area contributed by atoms with Gasteiger partial charge in [-0.2, -0.15) is 5.10 Å². The van der Waals surface area contributed by atoms with Crippen LogP contribution in [-0.2, 0) is 18.4 Å². The third-order valence-electron chi connectivity index (χ3n) is 5.14. The van der Waals surface area contributed by atoms with Gasteiger partial charge in [0.05, 0.1) is 17.0 Å². The molecule has 32 heavy (non-hydrogen) atoms. The van der Waals surface area contributed by atoms with E-state index in [1.54, 1.807) is 14.0 Å². The first-order chi connectivity index (χ1) is 15.1. The Morgan fingerprint density at radius 3 is 2.38 bits per heavy atom. The molecule has 0 bridgehead atoms. The summed E-state index contributed by atoms with van der Waals surface area (Å²) in [5, 5.41) is 10.4. The molecule has 0 aliphatic rings. The highest BCUT2D eigenvalue weighted by Crippen LogP contribution is 2.28. The summed E-state index contributed by atoms with van der Waals surface area (Å²) >= 11 is 1.20. The number of amides is 2. The standard InChI is InChI=1S/C23H27N5O3S/c1-12(2)20(29)26-17-9-7-16(8-10-17)11-24-21(30)19-15(5)25-22(32-19)18-13(3)14(4)27-28(6)23(18)31/h7-10,12H,11H2,1-6H3,(H,24,30)(H,26,29). The van der Waals surface area contributed by atoms with Gasteiger partial charge in [-0.1, -0.05) is 26.0 Å². The predicted octanol–water partition coefficient (Wildman–Crippen LogP) is 3.35. The van der Waals surface area contributed by atoms with Gasteiger partial charge >= 0.3 is 0 Å². The minimum absolute atomic E-state index is 0.0445. The van der Waals surface area contributed by atoms with E-state index in [1.807, 2.05) is 52.0 Å². The van der Waals surface area contributed by atoms with Crippen LogP contribution in [0.5, 0.6) is 0 Å². The number of anilines is 1. The Balaban J connectivity index is 1.73. The Hall–Kier alpha value is -3.33. The molecular weight excluding hydrogens is 426 g/mol. The molecule has 0 aliphatic carbocycles. The number of thiazole rings is 1. The molecule has 2 heterocycles. The minimum atomic E-state index is -0.247. The summed E-state index contributed by atoms with van der Waals surface area (Å²) in [4.78, 5) is 42.1. The van der Waals surface area contributed by atoms with Crippen molar-refractivity contribution in [1.82, 2.24) is 20.1 Å². The van der Waals surface area contributed by atoms with Crippen molar-refractivity contribution in [2.45, 2.75) is 41.2 Å². The van der Waals surface area contributed by atoms with Gasteiger partial charge in [0.2, 0.25) is 5.91 Å². The van der Waals surface area contributed by atoms with Crippen molar-refractivity contribution in [2.24, 2.45) is 13.0 Å². The normalized spacial score (nSPS) is 11.0. The molecular formula is C23H27N5O3S. The van der Waals surface area contributed by atoms with Crippen molar-refractivity contribution in [2.75, 3.05) is 5.32 Å². The van der Waals surface area contributed by atoms with Crippen molar-refractivity contribution in [3.05, 3.63) is 62.0 Å². The van der Waals surface area contributed by atoms with Crippen LogP contribution in [-0.4, -0.2) is 26.6 Å². The Morgan fingerprint density at radius 1 is 1.09 bits per heavy atom. The number of aryl methyl sites for hydroxylation is 3. The number of rotatable bonds is 6. The summed E-state index contributed by atoms with van der Waals surface area (Å²) in [5.74, 6) is -0.387. The van der Waals surface area contributed by atoms with E-state index in [0.717, 1.165) is 16.8 Å². The van der Waals surface area contributed by atoms with Crippen LogP contribution in [0, 0.1) is 26.7 Å². The van der Waals surface area contributed by atoms with E-state index < -0.39 is 0 Å². The summed E-state index contributed by atoms with van der Waals surface area (Å²) in [6.07, 6.45) is 0. The first-order valence-corrected chi connectivity index (χ1v) is 11.1.